The molecule has 12 nitrogen and oxygen atoms in total. The fourth-order valence-corrected chi connectivity index (χ4v) is 4.29. The van der Waals surface area contributed by atoms with Crippen molar-refractivity contribution in [3.8, 4) is 5.75 Å². The van der Waals surface area contributed by atoms with E-state index in [9.17, 15) is 4.79 Å². The highest BCUT2D eigenvalue weighted by Gasteiger charge is 2.03. The summed E-state index contributed by atoms with van der Waals surface area (Å²) < 4.78 is 54.6. The van der Waals surface area contributed by atoms with Crippen LogP contribution in [0.1, 0.15) is 71.1 Å². The van der Waals surface area contributed by atoms with Gasteiger partial charge in [-0.05, 0) is 30.7 Å². The summed E-state index contributed by atoms with van der Waals surface area (Å²) in [5.41, 5.74) is 6.35. The molecule has 0 atom stereocenters. The number of ether oxygens (including phenoxy) is 10. The molecule has 0 unspecified atom stereocenters. The van der Waals surface area contributed by atoms with E-state index >= 15 is 0 Å². The highest BCUT2D eigenvalue weighted by molar-refractivity contribution is 5.69. The summed E-state index contributed by atoms with van der Waals surface area (Å²) in [6, 6.07) is 7.26. The molecule has 0 saturated carbocycles. The number of anilines is 1. The highest BCUT2D eigenvalue weighted by Crippen LogP contribution is 2.13. The molecular formula is C36H65NO11. The summed E-state index contributed by atoms with van der Waals surface area (Å²) in [5, 5.41) is 0. The summed E-state index contributed by atoms with van der Waals surface area (Å²) in [6.45, 7) is 10.8. The molecule has 0 saturated heterocycles. The quantitative estimate of drug-likeness (QED) is 0.0553. The van der Waals surface area contributed by atoms with Crippen molar-refractivity contribution in [2.75, 3.05) is 125 Å². The Labute approximate surface area is 289 Å². The van der Waals surface area contributed by atoms with Gasteiger partial charge in [0.25, 0.3) is 0 Å². The van der Waals surface area contributed by atoms with Crippen LogP contribution in [-0.2, 0) is 47.4 Å². The Bertz CT molecular complexity index is 801. The minimum Gasteiger partial charge on any atom is -0.491 e. The van der Waals surface area contributed by atoms with Gasteiger partial charge in [-0.1, -0.05) is 58.3 Å². The second-order valence-electron chi connectivity index (χ2n) is 11.1. The van der Waals surface area contributed by atoms with Crippen molar-refractivity contribution >= 4 is 11.7 Å². The number of benzene rings is 1. The molecule has 0 aliphatic heterocycles. The van der Waals surface area contributed by atoms with E-state index in [-0.39, 0.29) is 12.6 Å². The third-order valence-corrected chi connectivity index (χ3v) is 6.96. The largest absolute Gasteiger partial charge is 0.491 e. The molecule has 0 aliphatic carbocycles. The molecule has 0 fully saturated rings. The monoisotopic (exact) mass is 687 g/mol. The van der Waals surface area contributed by atoms with Gasteiger partial charge in [-0.2, -0.15) is 0 Å². The van der Waals surface area contributed by atoms with Crippen LogP contribution in [0.4, 0.5) is 5.69 Å². The van der Waals surface area contributed by atoms with Gasteiger partial charge in [0.05, 0.1) is 106 Å². The molecule has 0 aliphatic rings. The van der Waals surface area contributed by atoms with Gasteiger partial charge in [-0.25, -0.2) is 0 Å². The van der Waals surface area contributed by atoms with E-state index in [0.29, 0.717) is 124 Å². The number of unbranched alkanes of at least 4 members (excludes halogenated alkanes) is 8. The Morgan fingerprint density at radius 2 is 0.792 bits per heavy atom. The molecule has 0 aromatic heterocycles. The first-order valence-electron chi connectivity index (χ1n) is 18.0. The maximum Gasteiger partial charge on any atom is 0.305 e. The summed E-state index contributed by atoms with van der Waals surface area (Å²) in [5.74, 6) is 0.634. The molecule has 12 heteroatoms. The number of esters is 1. The molecule has 0 heterocycles. The van der Waals surface area contributed by atoms with E-state index in [4.69, 9.17) is 53.1 Å². The summed E-state index contributed by atoms with van der Waals surface area (Å²) in [7, 11) is 0. The SMILES string of the molecule is CCCCCCCCCCCC(=O)OCCOCCOCCOCCOCCOCCOCCOCCOCCOc1ccc(N)cc1. The van der Waals surface area contributed by atoms with E-state index < -0.39 is 0 Å². The van der Waals surface area contributed by atoms with Gasteiger partial charge in [0.15, 0.2) is 0 Å². The van der Waals surface area contributed by atoms with Crippen molar-refractivity contribution in [2.45, 2.75) is 71.1 Å². The molecule has 1 aromatic carbocycles. The van der Waals surface area contributed by atoms with E-state index in [1.54, 1.807) is 12.1 Å². The Hall–Kier alpha value is -2.03. The van der Waals surface area contributed by atoms with Crippen LogP contribution < -0.4 is 10.5 Å². The average molecular weight is 688 g/mol. The number of nitrogen functional groups attached to an aromatic ring is 1. The van der Waals surface area contributed by atoms with Crippen LogP contribution in [0.2, 0.25) is 0 Å². The van der Waals surface area contributed by atoms with Crippen LogP contribution in [0.3, 0.4) is 0 Å². The number of hydrogen-bond donors (Lipinski definition) is 1. The molecule has 0 radical (unpaired) electrons. The number of carbonyl (C=O) groups excluding carboxylic acids is 1. The Kier molecular flexibility index (Phi) is 33.2. The lowest BCUT2D eigenvalue weighted by atomic mass is 10.1. The third kappa shape index (κ3) is 32.5. The van der Waals surface area contributed by atoms with Crippen molar-refractivity contribution in [3.05, 3.63) is 24.3 Å². The molecule has 2 N–H and O–H groups in total. The Balaban J connectivity index is 1.65. The minimum atomic E-state index is -0.137. The van der Waals surface area contributed by atoms with E-state index in [0.717, 1.165) is 18.6 Å². The third-order valence-electron chi connectivity index (χ3n) is 6.96. The zero-order valence-electron chi connectivity index (χ0n) is 29.7. The van der Waals surface area contributed by atoms with Gasteiger partial charge in [-0.3, -0.25) is 4.79 Å². The van der Waals surface area contributed by atoms with Crippen molar-refractivity contribution < 1.29 is 52.2 Å². The summed E-state index contributed by atoms with van der Waals surface area (Å²) in [6.07, 6.45) is 11.6. The number of rotatable bonds is 38. The van der Waals surface area contributed by atoms with Crippen LogP contribution in [0.25, 0.3) is 0 Å². The predicted octanol–water partition coefficient (Wildman–Crippen LogP) is 5.24. The van der Waals surface area contributed by atoms with Crippen molar-refractivity contribution in [1.29, 1.82) is 0 Å². The van der Waals surface area contributed by atoms with Gasteiger partial charge < -0.3 is 53.1 Å². The van der Waals surface area contributed by atoms with Crippen LogP contribution in [-0.4, -0.2) is 125 Å². The second-order valence-corrected chi connectivity index (χ2v) is 11.1. The molecule has 0 amide bonds. The molecule has 280 valence electrons. The average Bonchev–Trinajstić information content (AvgIpc) is 3.09. The highest BCUT2D eigenvalue weighted by atomic mass is 16.6. The molecule has 1 rings (SSSR count). The normalized spacial score (nSPS) is 11.3. The smallest absolute Gasteiger partial charge is 0.305 e. The van der Waals surface area contributed by atoms with Crippen molar-refractivity contribution in [2.24, 2.45) is 0 Å². The second kappa shape index (κ2) is 36.3. The predicted molar refractivity (Wildman–Crippen MR) is 186 cm³/mol. The Morgan fingerprint density at radius 3 is 1.19 bits per heavy atom. The van der Waals surface area contributed by atoms with Gasteiger partial charge in [0.2, 0.25) is 0 Å². The zero-order chi connectivity index (χ0) is 34.4. The first-order chi connectivity index (χ1) is 23.7. The van der Waals surface area contributed by atoms with Crippen LogP contribution in [0.5, 0.6) is 5.75 Å². The van der Waals surface area contributed by atoms with E-state index in [2.05, 4.69) is 6.92 Å². The molecule has 1 aromatic rings. The minimum absolute atomic E-state index is 0.137. The van der Waals surface area contributed by atoms with Crippen LogP contribution in [0, 0.1) is 0 Å². The lowest BCUT2D eigenvalue weighted by Gasteiger charge is -2.09. The number of nitrogens with two attached hydrogens (primary N) is 1. The van der Waals surface area contributed by atoms with Gasteiger partial charge in [0, 0.05) is 12.1 Å². The topological polar surface area (TPSA) is 135 Å². The lowest BCUT2D eigenvalue weighted by Crippen LogP contribution is -2.15. The number of hydrogen-bond acceptors (Lipinski definition) is 12. The molecule has 48 heavy (non-hydrogen) atoms. The zero-order valence-corrected chi connectivity index (χ0v) is 29.7. The summed E-state index contributed by atoms with van der Waals surface area (Å²) >= 11 is 0. The van der Waals surface area contributed by atoms with E-state index in [1.807, 2.05) is 12.1 Å². The van der Waals surface area contributed by atoms with Gasteiger partial charge >= 0.3 is 5.97 Å². The van der Waals surface area contributed by atoms with Gasteiger partial charge in [0.1, 0.15) is 19.0 Å². The van der Waals surface area contributed by atoms with Crippen LogP contribution in [0.15, 0.2) is 24.3 Å². The summed E-state index contributed by atoms with van der Waals surface area (Å²) in [4.78, 5) is 11.8. The Morgan fingerprint density at radius 1 is 0.458 bits per heavy atom. The van der Waals surface area contributed by atoms with Crippen molar-refractivity contribution in [3.63, 3.8) is 0 Å². The molecule has 0 spiro atoms. The van der Waals surface area contributed by atoms with Crippen molar-refractivity contribution in [1.82, 2.24) is 0 Å². The standard InChI is InChI=1S/C36H65NO11/c1-2-3-4-5-6-7-8-9-10-11-36(38)48-33-31-46-29-27-44-25-23-42-21-19-40-17-16-39-18-20-41-22-24-43-26-28-45-30-32-47-35-14-12-34(37)13-15-35/h12-15H,2-11,16-33,37H2,1H3. The molecule has 0 bridgehead atoms. The lowest BCUT2D eigenvalue weighted by molar-refractivity contribution is -0.145. The molecular weight excluding hydrogens is 622 g/mol. The maximum atomic E-state index is 11.8. The fraction of sp³-hybridized carbons (Fsp3) is 0.806. The number of carbonyl (C=O) groups is 1. The first kappa shape index (κ1) is 44.0. The van der Waals surface area contributed by atoms with Gasteiger partial charge in [-0.15, -0.1) is 0 Å². The maximum absolute atomic E-state index is 11.8. The fourth-order valence-electron chi connectivity index (χ4n) is 4.29. The van der Waals surface area contributed by atoms with Crippen LogP contribution >= 0.6 is 0 Å². The van der Waals surface area contributed by atoms with E-state index in [1.165, 1.54) is 44.9 Å². The first-order valence-corrected chi connectivity index (χ1v) is 18.0.